The van der Waals surface area contributed by atoms with E-state index in [1.54, 1.807) is 6.07 Å². The highest BCUT2D eigenvalue weighted by molar-refractivity contribution is 7.89. The van der Waals surface area contributed by atoms with Gasteiger partial charge in [0, 0.05) is 24.8 Å². The van der Waals surface area contributed by atoms with Gasteiger partial charge in [-0.2, -0.15) is 4.31 Å². The molecule has 1 aliphatic heterocycles. The van der Waals surface area contributed by atoms with Crippen LogP contribution in [0, 0.1) is 19.7 Å². The molecule has 2 aromatic rings. The zero-order chi connectivity index (χ0) is 23.3. The molecular formula is C23H28FN3O4S. The third-order valence-corrected chi connectivity index (χ3v) is 7.57. The highest BCUT2D eigenvalue weighted by Gasteiger charge is 2.33. The number of sulfonamides is 1. The van der Waals surface area contributed by atoms with Crippen LogP contribution in [0.4, 0.5) is 10.1 Å². The van der Waals surface area contributed by atoms with Gasteiger partial charge < -0.3 is 10.6 Å². The fourth-order valence-electron chi connectivity index (χ4n) is 3.80. The predicted molar refractivity (Wildman–Crippen MR) is 120 cm³/mol. The quantitative estimate of drug-likeness (QED) is 0.646. The summed E-state index contributed by atoms with van der Waals surface area (Å²) in [6.45, 7) is 4.27. The lowest BCUT2D eigenvalue weighted by Crippen LogP contribution is -2.45. The molecule has 1 heterocycles. The Balaban J connectivity index is 1.58. The molecule has 1 aliphatic rings. The van der Waals surface area contributed by atoms with E-state index in [4.69, 9.17) is 0 Å². The standard InChI is InChI=1S/C23H28FN3O4S/c1-16-6-7-17(2)21(15-16)26-23(29)22(28)25-13-12-19-5-3-4-14-27(19)32(30,31)20-10-8-18(24)9-11-20/h6-11,15,19H,3-5,12-14H2,1-2H3,(H,25,28)(H,26,29)/t19-/m1/s1. The molecule has 2 amide bonds. The number of halogens is 1. The molecule has 1 saturated heterocycles. The van der Waals surface area contributed by atoms with Crippen LogP contribution < -0.4 is 10.6 Å². The van der Waals surface area contributed by atoms with Gasteiger partial charge >= 0.3 is 11.8 Å². The minimum atomic E-state index is -3.77. The molecule has 0 aliphatic carbocycles. The number of amides is 2. The first kappa shape index (κ1) is 23.9. The molecule has 0 radical (unpaired) electrons. The van der Waals surface area contributed by atoms with Crippen LogP contribution in [0.15, 0.2) is 47.4 Å². The first-order chi connectivity index (χ1) is 15.2. The molecule has 1 atom stereocenters. The maximum absolute atomic E-state index is 13.2. The van der Waals surface area contributed by atoms with Crippen molar-refractivity contribution in [2.45, 2.75) is 50.5 Å². The van der Waals surface area contributed by atoms with Crippen molar-refractivity contribution in [2.75, 3.05) is 18.4 Å². The summed E-state index contributed by atoms with van der Waals surface area (Å²) in [6.07, 6.45) is 2.65. The highest BCUT2D eigenvalue weighted by atomic mass is 32.2. The molecule has 0 aromatic heterocycles. The molecule has 0 bridgehead atoms. The average molecular weight is 462 g/mol. The second kappa shape index (κ2) is 10.2. The summed E-state index contributed by atoms with van der Waals surface area (Å²) in [7, 11) is -3.77. The highest BCUT2D eigenvalue weighted by Crippen LogP contribution is 2.27. The lowest BCUT2D eigenvalue weighted by Gasteiger charge is -2.34. The summed E-state index contributed by atoms with van der Waals surface area (Å²) in [5.41, 5.74) is 2.39. The van der Waals surface area contributed by atoms with E-state index in [-0.39, 0.29) is 17.5 Å². The number of hydrogen-bond acceptors (Lipinski definition) is 4. The number of benzene rings is 2. The van der Waals surface area contributed by atoms with Crippen LogP contribution in [0.2, 0.25) is 0 Å². The van der Waals surface area contributed by atoms with E-state index >= 15 is 0 Å². The number of aryl methyl sites for hydroxylation is 2. The maximum atomic E-state index is 13.2. The Morgan fingerprint density at radius 3 is 2.50 bits per heavy atom. The van der Waals surface area contributed by atoms with E-state index in [0.717, 1.165) is 36.1 Å². The second-order valence-electron chi connectivity index (χ2n) is 8.04. The van der Waals surface area contributed by atoms with Gasteiger partial charge in [-0.25, -0.2) is 12.8 Å². The summed E-state index contributed by atoms with van der Waals surface area (Å²) in [4.78, 5) is 24.5. The second-order valence-corrected chi connectivity index (χ2v) is 9.93. The summed E-state index contributed by atoms with van der Waals surface area (Å²) in [5.74, 6) is -2.03. The van der Waals surface area contributed by atoms with Gasteiger partial charge in [0.15, 0.2) is 0 Å². The molecule has 0 spiro atoms. The lowest BCUT2D eigenvalue weighted by atomic mass is 10.0. The van der Waals surface area contributed by atoms with Gasteiger partial charge in [0.2, 0.25) is 10.0 Å². The van der Waals surface area contributed by atoms with Crippen molar-refractivity contribution in [3.05, 3.63) is 59.4 Å². The van der Waals surface area contributed by atoms with Gasteiger partial charge in [-0.1, -0.05) is 18.6 Å². The summed E-state index contributed by atoms with van der Waals surface area (Å²) in [5, 5.41) is 5.19. The smallest absolute Gasteiger partial charge is 0.313 e. The van der Waals surface area contributed by atoms with Crippen LogP contribution in [-0.4, -0.2) is 43.7 Å². The maximum Gasteiger partial charge on any atom is 0.313 e. The van der Waals surface area contributed by atoms with Crippen LogP contribution in [0.5, 0.6) is 0 Å². The third-order valence-electron chi connectivity index (χ3n) is 5.60. The van der Waals surface area contributed by atoms with Crippen molar-refractivity contribution in [3.8, 4) is 0 Å². The summed E-state index contributed by atoms with van der Waals surface area (Å²) >= 11 is 0. The Morgan fingerprint density at radius 2 is 1.78 bits per heavy atom. The number of rotatable bonds is 6. The number of carbonyl (C=O) groups excluding carboxylic acids is 2. The molecule has 9 heteroatoms. The fraction of sp³-hybridized carbons (Fsp3) is 0.391. The summed E-state index contributed by atoms with van der Waals surface area (Å²) < 4.78 is 40.7. The molecule has 0 unspecified atom stereocenters. The molecule has 7 nitrogen and oxygen atoms in total. The fourth-order valence-corrected chi connectivity index (χ4v) is 5.53. The van der Waals surface area contributed by atoms with Crippen LogP contribution in [0.1, 0.15) is 36.8 Å². The molecule has 172 valence electrons. The van der Waals surface area contributed by atoms with Gasteiger partial charge in [0.1, 0.15) is 5.82 Å². The predicted octanol–water partition coefficient (Wildman–Crippen LogP) is 3.13. The Kier molecular flexibility index (Phi) is 7.63. The monoisotopic (exact) mass is 461 g/mol. The van der Waals surface area contributed by atoms with Crippen molar-refractivity contribution in [3.63, 3.8) is 0 Å². The molecule has 32 heavy (non-hydrogen) atoms. The van der Waals surface area contributed by atoms with E-state index in [0.29, 0.717) is 25.1 Å². The summed E-state index contributed by atoms with van der Waals surface area (Å²) in [6, 6.07) is 10.0. The molecule has 3 rings (SSSR count). The van der Waals surface area contributed by atoms with Crippen molar-refractivity contribution in [1.82, 2.24) is 9.62 Å². The Bertz CT molecular complexity index is 1090. The van der Waals surface area contributed by atoms with Crippen molar-refractivity contribution >= 4 is 27.5 Å². The van der Waals surface area contributed by atoms with E-state index < -0.39 is 27.7 Å². The zero-order valence-electron chi connectivity index (χ0n) is 18.2. The van der Waals surface area contributed by atoms with Gasteiger partial charge in [0.05, 0.1) is 4.90 Å². The number of anilines is 1. The van der Waals surface area contributed by atoms with Crippen molar-refractivity contribution in [2.24, 2.45) is 0 Å². The van der Waals surface area contributed by atoms with Gasteiger partial charge in [-0.05, 0) is 74.6 Å². The topological polar surface area (TPSA) is 95.6 Å². The van der Waals surface area contributed by atoms with Crippen molar-refractivity contribution < 1.29 is 22.4 Å². The molecule has 0 saturated carbocycles. The Hall–Kier alpha value is -2.78. The number of hydrogen-bond donors (Lipinski definition) is 2. The van der Waals surface area contributed by atoms with E-state index in [1.807, 2.05) is 26.0 Å². The van der Waals surface area contributed by atoms with Gasteiger partial charge in [-0.3, -0.25) is 9.59 Å². The Labute approximate surface area is 188 Å². The van der Waals surface area contributed by atoms with Crippen LogP contribution in [0.3, 0.4) is 0 Å². The number of piperidine rings is 1. The average Bonchev–Trinajstić information content (AvgIpc) is 2.76. The largest absolute Gasteiger partial charge is 0.348 e. The minimum Gasteiger partial charge on any atom is -0.348 e. The van der Waals surface area contributed by atoms with E-state index in [2.05, 4.69) is 10.6 Å². The van der Waals surface area contributed by atoms with Crippen LogP contribution >= 0.6 is 0 Å². The van der Waals surface area contributed by atoms with Crippen LogP contribution in [0.25, 0.3) is 0 Å². The number of carbonyl (C=O) groups is 2. The number of nitrogens with one attached hydrogen (secondary N) is 2. The van der Waals surface area contributed by atoms with Gasteiger partial charge in [-0.15, -0.1) is 0 Å². The van der Waals surface area contributed by atoms with E-state index in [1.165, 1.54) is 16.4 Å². The molecule has 2 N–H and O–H groups in total. The lowest BCUT2D eigenvalue weighted by molar-refractivity contribution is -0.136. The van der Waals surface area contributed by atoms with Crippen molar-refractivity contribution in [1.29, 1.82) is 0 Å². The molecular weight excluding hydrogens is 433 g/mol. The SMILES string of the molecule is Cc1ccc(C)c(NC(=O)C(=O)NCC[C@H]2CCCCN2S(=O)(=O)c2ccc(F)cc2)c1. The molecule has 2 aromatic carbocycles. The normalized spacial score (nSPS) is 17.0. The number of nitrogens with zero attached hydrogens (tertiary/aromatic N) is 1. The first-order valence-corrected chi connectivity index (χ1v) is 12.1. The first-order valence-electron chi connectivity index (χ1n) is 10.6. The van der Waals surface area contributed by atoms with Crippen LogP contribution in [-0.2, 0) is 19.6 Å². The minimum absolute atomic E-state index is 0.0442. The zero-order valence-corrected chi connectivity index (χ0v) is 19.0. The Morgan fingerprint density at radius 1 is 1.06 bits per heavy atom. The van der Waals surface area contributed by atoms with Gasteiger partial charge in [0.25, 0.3) is 0 Å². The molecule has 1 fully saturated rings. The van der Waals surface area contributed by atoms with E-state index in [9.17, 15) is 22.4 Å². The third kappa shape index (κ3) is 5.72.